The van der Waals surface area contributed by atoms with Crippen LogP contribution < -0.4 is 25.3 Å². The molecule has 0 saturated heterocycles. The Morgan fingerprint density at radius 2 is 2.09 bits per heavy atom. The van der Waals surface area contributed by atoms with Crippen LogP contribution in [-0.2, 0) is 0 Å². The maximum Gasteiger partial charge on any atom is 0.242 e. The fourth-order valence-corrected chi connectivity index (χ4v) is 2.22. The SMILES string of the molecule is COc1nc(C)nc(NCC2COc3ccccc3O2)c1N. The number of hydrogen-bond donors (Lipinski definition) is 2. The molecule has 7 nitrogen and oxygen atoms in total. The van der Waals surface area contributed by atoms with E-state index in [0.717, 1.165) is 11.5 Å². The minimum atomic E-state index is -0.129. The summed E-state index contributed by atoms with van der Waals surface area (Å²) in [6.45, 7) is 2.76. The molecule has 3 N–H and O–H groups in total. The van der Waals surface area contributed by atoms with Crippen molar-refractivity contribution in [3.05, 3.63) is 30.1 Å². The number of para-hydroxylation sites is 2. The third-order valence-electron chi connectivity index (χ3n) is 3.28. The highest BCUT2D eigenvalue weighted by atomic mass is 16.6. The first kappa shape index (κ1) is 14.2. The predicted molar refractivity (Wildman–Crippen MR) is 82.6 cm³/mol. The van der Waals surface area contributed by atoms with Gasteiger partial charge in [-0.15, -0.1) is 0 Å². The molecule has 0 saturated carbocycles. The first-order valence-electron chi connectivity index (χ1n) is 6.98. The molecule has 0 radical (unpaired) electrons. The van der Waals surface area contributed by atoms with Gasteiger partial charge < -0.3 is 25.3 Å². The van der Waals surface area contributed by atoms with Crippen molar-refractivity contribution in [2.45, 2.75) is 13.0 Å². The van der Waals surface area contributed by atoms with Crippen molar-refractivity contribution >= 4 is 11.5 Å². The van der Waals surface area contributed by atoms with Gasteiger partial charge in [-0.3, -0.25) is 0 Å². The van der Waals surface area contributed by atoms with Crippen LogP contribution in [0.5, 0.6) is 17.4 Å². The number of ether oxygens (including phenoxy) is 3. The Labute approximate surface area is 128 Å². The number of hydrogen-bond acceptors (Lipinski definition) is 7. The van der Waals surface area contributed by atoms with E-state index in [1.807, 2.05) is 24.3 Å². The zero-order valence-corrected chi connectivity index (χ0v) is 12.5. The Balaban J connectivity index is 1.68. The van der Waals surface area contributed by atoms with Gasteiger partial charge in [0.1, 0.15) is 24.2 Å². The first-order chi connectivity index (χ1) is 10.7. The lowest BCUT2D eigenvalue weighted by atomic mass is 10.2. The van der Waals surface area contributed by atoms with Crippen molar-refractivity contribution in [2.24, 2.45) is 0 Å². The largest absolute Gasteiger partial charge is 0.486 e. The van der Waals surface area contributed by atoms with Gasteiger partial charge in [-0.1, -0.05) is 12.1 Å². The Morgan fingerprint density at radius 3 is 2.86 bits per heavy atom. The fraction of sp³-hybridized carbons (Fsp3) is 0.333. The predicted octanol–water partition coefficient (Wildman–Crippen LogP) is 1.63. The Hall–Kier alpha value is -2.70. The number of aryl methyl sites for hydroxylation is 1. The summed E-state index contributed by atoms with van der Waals surface area (Å²) in [4.78, 5) is 8.41. The molecule has 7 heteroatoms. The van der Waals surface area contributed by atoms with Crippen LogP contribution in [0.25, 0.3) is 0 Å². The van der Waals surface area contributed by atoms with Gasteiger partial charge in [0, 0.05) is 0 Å². The standard InChI is InChI=1S/C15H18N4O3/c1-9-18-14(13(16)15(19-9)20-2)17-7-10-8-21-11-5-3-4-6-12(11)22-10/h3-6,10H,7-8,16H2,1-2H3,(H,17,18,19). The van der Waals surface area contributed by atoms with Crippen molar-refractivity contribution in [1.82, 2.24) is 9.97 Å². The van der Waals surface area contributed by atoms with E-state index in [0.29, 0.717) is 36.4 Å². The van der Waals surface area contributed by atoms with Crippen molar-refractivity contribution in [2.75, 3.05) is 31.3 Å². The molecule has 2 aromatic rings. The molecule has 1 unspecified atom stereocenters. The molecule has 0 spiro atoms. The smallest absolute Gasteiger partial charge is 0.242 e. The minimum absolute atomic E-state index is 0.129. The van der Waals surface area contributed by atoms with Crippen LogP contribution in [0.15, 0.2) is 24.3 Å². The average molecular weight is 302 g/mol. The minimum Gasteiger partial charge on any atom is -0.486 e. The highest BCUT2D eigenvalue weighted by Crippen LogP contribution is 2.31. The highest BCUT2D eigenvalue weighted by molar-refractivity contribution is 5.66. The van der Waals surface area contributed by atoms with E-state index in [-0.39, 0.29) is 6.10 Å². The second kappa shape index (κ2) is 5.97. The summed E-state index contributed by atoms with van der Waals surface area (Å²) < 4.78 is 16.7. The Kier molecular flexibility index (Phi) is 3.86. The topological polar surface area (TPSA) is 91.5 Å². The molecule has 1 atom stereocenters. The molecule has 0 amide bonds. The molecule has 0 aliphatic carbocycles. The second-order valence-electron chi connectivity index (χ2n) is 4.92. The van der Waals surface area contributed by atoms with Gasteiger partial charge in [0.05, 0.1) is 13.7 Å². The maximum atomic E-state index is 5.97. The summed E-state index contributed by atoms with van der Waals surface area (Å²) in [5.74, 6) is 2.98. The summed E-state index contributed by atoms with van der Waals surface area (Å²) in [7, 11) is 1.52. The molecule has 3 rings (SSSR count). The Morgan fingerprint density at radius 1 is 1.32 bits per heavy atom. The zero-order chi connectivity index (χ0) is 15.5. The molecule has 0 fully saturated rings. The van der Waals surface area contributed by atoms with Crippen LogP contribution in [-0.4, -0.2) is 36.3 Å². The molecule has 22 heavy (non-hydrogen) atoms. The van der Waals surface area contributed by atoms with Crippen molar-refractivity contribution in [3.63, 3.8) is 0 Å². The van der Waals surface area contributed by atoms with Gasteiger partial charge in [-0.2, -0.15) is 4.98 Å². The summed E-state index contributed by atoms with van der Waals surface area (Å²) in [5, 5.41) is 3.17. The van der Waals surface area contributed by atoms with E-state index >= 15 is 0 Å². The molecular weight excluding hydrogens is 284 g/mol. The van der Waals surface area contributed by atoms with E-state index in [9.17, 15) is 0 Å². The van der Waals surface area contributed by atoms with E-state index in [1.165, 1.54) is 7.11 Å². The molecule has 0 bridgehead atoms. The maximum absolute atomic E-state index is 5.97. The number of nitrogen functional groups attached to an aromatic ring is 1. The van der Waals surface area contributed by atoms with Gasteiger partial charge in [0.15, 0.2) is 17.3 Å². The van der Waals surface area contributed by atoms with Crippen molar-refractivity contribution in [3.8, 4) is 17.4 Å². The number of anilines is 2. The number of benzene rings is 1. The Bertz CT molecular complexity index is 678. The summed E-state index contributed by atoms with van der Waals surface area (Å²) in [5.41, 5.74) is 6.35. The van der Waals surface area contributed by atoms with Gasteiger partial charge in [0.25, 0.3) is 0 Å². The van der Waals surface area contributed by atoms with Crippen LogP contribution in [0.2, 0.25) is 0 Å². The second-order valence-corrected chi connectivity index (χ2v) is 4.92. The van der Waals surface area contributed by atoms with Gasteiger partial charge in [-0.05, 0) is 19.1 Å². The summed E-state index contributed by atoms with van der Waals surface area (Å²) in [6, 6.07) is 7.59. The molecule has 116 valence electrons. The lowest BCUT2D eigenvalue weighted by molar-refractivity contribution is 0.0997. The monoisotopic (exact) mass is 302 g/mol. The highest BCUT2D eigenvalue weighted by Gasteiger charge is 2.21. The van der Waals surface area contributed by atoms with Gasteiger partial charge in [0.2, 0.25) is 5.88 Å². The normalized spacial score (nSPS) is 16.2. The van der Waals surface area contributed by atoms with Gasteiger partial charge >= 0.3 is 0 Å². The molecule has 1 aromatic carbocycles. The van der Waals surface area contributed by atoms with Crippen LogP contribution >= 0.6 is 0 Å². The van der Waals surface area contributed by atoms with Crippen LogP contribution in [0.4, 0.5) is 11.5 Å². The van der Waals surface area contributed by atoms with E-state index in [1.54, 1.807) is 6.92 Å². The quantitative estimate of drug-likeness (QED) is 0.886. The number of aromatic nitrogens is 2. The molecule has 1 aliphatic rings. The first-order valence-corrected chi connectivity index (χ1v) is 6.98. The van der Waals surface area contributed by atoms with Crippen LogP contribution in [0.3, 0.4) is 0 Å². The summed E-state index contributed by atoms with van der Waals surface area (Å²) >= 11 is 0. The summed E-state index contributed by atoms with van der Waals surface area (Å²) in [6.07, 6.45) is -0.129. The number of methoxy groups -OCH3 is 1. The third-order valence-corrected chi connectivity index (χ3v) is 3.28. The number of nitrogens with zero attached hydrogens (tertiary/aromatic N) is 2. The molecule has 2 heterocycles. The van der Waals surface area contributed by atoms with E-state index < -0.39 is 0 Å². The molecule has 1 aromatic heterocycles. The van der Waals surface area contributed by atoms with E-state index in [2.05, 4.69) is 15.3 Å². The number of rotatable bonds is 4. The van der Waals surface area contributed by atoms with Crippen LogP contribution in [0.1, 0.15) is 5.82 Å². The molecule has 1 aliphatic heterocycles. The lowest BCUT2D eigenvalue weighted by Crippen LogP contribution is -2.35. The molecular formula is C15H18N4O3. The average Bonchev–Trinajstić information content (AvgIpc) is 2.55. The fourth-order valence-electron chi connectivity index (χ4n) is 2.22. The van der Waals surface area contributed by atoms with Gasteiger partial charge in [-0.25, -0.2) is 4.98 Å². The third kappa shape index (κ3) is 2.83. The van der Waals surface area contributed by atoms with Crippen molar-refractivity contribution in [1.29, 1.82) is 0 Å². The zero-order valence-electron chi connectivity index (χ0n) is 12.5. The lowest BCUT2D eigenvalue weighted by Gasteiger charge is -2.26. The van der Waals surface area contributed by atoms with E-state index in [4.69, 9.17) is 19.9 Å². The number of nitrogens with one attached hydrogen (secondary N) is 1. The van der Waals surface area contributed by atoms with Crippen LogP contribution in [0, 0.1) is 6.92 Å². The van der Waals surface area contributed by atoms with Crippen molar-refractivity contribution < 1.29 is 14.2 Å². The number of nitrogens with two attached hydrogens (primary N) is 1. The number of fused-ring (bicyclic) bond motifs is 1.